The van der Waals surface area contributed by atoms with E-state index in [1.54, 1.807) is 12.3 Å². The van der Waals surface area contributed by atoms with Gasteiger partial charge in [-0.05, 0) is 38.0 Å². The SMILES string of the molecule is CCN(CC)c1ccc2cc(C(=O)CN=CC(C)C)c(=O)oc2c1. The highest BCUT2D eigenvalue weighted by molar-refractivity contribution is 6.00. The molecule has 0 saturated carbocycles. The molecule has 0 fully saturated rings. The maximum Gasteiger partial charge on any atom is 0.347 e. The van der Waals surface area contributed by atoms with E-state index < -0.39 is 5.63 Å². The highest BCUT2D eigenvalue weighted by Gasteiger charge is 2.14. The van der Waals surface area contributed by atoms with Gasteiger partial charge in [0.2, 0.25) is 0 Å². The van der Waals surface area contributed by atoms with Gasteiger partial charge in [-0.15, -0.1) is 0 Å². The van der Waals surface area contributed by atoms with Crippen molar-refractivity contribution < 1.29 is 9.21 Å². The number of fused-ring (bicyclic) bond motifs is 1. The van der Waals surface area contributed by atoms with Crippen molar-refractivity contribution in [3.63, 3.8) is 0 Å². The minimum absolute atomic E-state index is 0.0357. The van der Waals surface area contributed by atoms with Gasteiger partial charge in [0.25, 0.3) is 0 Å². The molecule has 128 valence electrons. The van der Waals surface area contributed by atoms with Gasteiger partial charge in [-0.2, -0.15) is 0 Å². The molecule has 0 spiro atoms. The van der Waals surface area contributed by atoms with Crippen LogP contribution in [0.2, 0.25) is 0 Å². The molecule has 0 amide bonds. The van der Waals surface area contributed by atoms with Gasteiger partial charge in [-0.25, -0.2) is 4.79 Å². The van der Waals surface area contributed by atoms with E-state index in [0.717, 1.165) is 24.2 Å². The Bertz CT molecular complexity index is 802. The van der Waals surface area contributed by atoms with Crippen molar-refractivity contribution in [1.82, 2.24) is 0 Å². The molecule has 0 unspecified atom stereocenters. The Morgan fingerprint density at radius 3 is 2.58 bits per heavy atom. The molecule has 0 aliphatic carbocycles. The Morgan fingerprint density at radius 2 is 1.96 bits per heavy atom. The number of carbonyl (C=O) groups is 1. The zero-order valence-electron chi connectivity index (χ0n) is 14.7. The molecule has 0 N–H and O–H groups in total. The van der Waals surface area contributed by atoms with Crippen molar-refractivity contribution in [2.75, 3.05) is 24.5 Å². The average Bonchev–Trinajstić information content (AvgIpc) is 2.54. The second-order valence-corrected chi connectivity index (χ2v) is 6.00. The summed E-state index contributed by atoms with van der Waals surface area (Å²) in [5, 5.41) is 0.738. The molecule has 0 atom stereocenters. The standard InChI is InChI=1S/C19H24N2O3/c1-5-21(6-2)15-8-7-14-9-16(19(23)24-18(14)10-15)17(22)12-20-11-13(3)4/h7-11,13H,5-6,12H2,1-4H3. The first-order valence-electron chi connectivity index (χ1n) is 8.32. The summed E-state index contributed by atoms with van der Waals surface area (Å²) < 4.78 is 5.37. The second-order valence-electron chi connectivity index (χ2n) is 6.00. The third-order valence-electron chi connectivity index (χ3n) is 3.79. The lowest BCUT2D eigenvalue weighted by Gasteiger charge is -2.20. The summed E-state index contributed by atoms with van der Waals surface area (Å²) in [6.07, 6.45) is 1.71. The Hall–Kier alpha value is -2.43. The number of carbonyl (C=O) groups excluding carboxylic acids is 1. The van der Waals surface area contributed by atoms with E-state index in [-0.39, 0.29) is 23.8 Å². The number of nitrogens with zero attached hydrogens (tertiary/aromatic N) is 2. The molecular formula is C19H24N2O3. The maximum absolute atomic E-state index is 12.2. The number of ketones is 1. The molecule has 5 heteroatoms. The van der Waals surface area contributed by atoms with Crippen LogP contribution in [0.5, 0.6) is 0 Å². The average molecular weight is 328 g/mol. The normalized spacial score (nSPS) is 11.5. The van der Waals surface area contributed by atoms with E-state index in [2.05, 4.69) is 23.7 Å². The Morgan fingerprint density at radius 1 is 1.25 bits per heavy atom. The van der Waals surface area contributed by atoms with Crippen molar-refractivity contribution >= 4 is 28.7 Å². The molecule has 0 aliphatic rings. The van der Waals surface area contributed by atoms with Crippen LogP contribution in [0.4, 0.5) is 5.69 Å². The van der Waals surface area contributed by atoms with Crippen LogP contribution in [0.25, 0.3) is 11.0 Å². The molecule has 0 radical (unpaired) electrons. The van der Waals surface area contributed by atoms with E-state index in [4.69, 9.17) is 4.42 Å². The molecule has 24 heavy (non-hydrogen) atoms. The van der Waals surface area contributed by atoms with Crippen molar-refractivity contribution in [2.24, 2.45) is 10.9 Å². The number of anilines is 1. The first kappa shape index (κ1) is 17.9. The maximum atomic E-state index is 12.2. The van der Waals surface area contributed by atoms with Crippen molar-refractivity contribution in [1.29, 1.82) is 0 Å². The van der Waals surface area contributed by atoms with Crippen LogP contribution >= 0.6 is 0 Å². The van der Waals surface area contributed by atoms with Gasteiger partial charge in [0.05, 0.1) is 0 Å². The van der Waals surface area contributed by atoms with E-state index in [9.17, 15) is 9.59 Å². The Labute approximate surface area is 142 Å². The number of hydrogen-bond donors (Lipinski definition) is 0. The zero-order chi connectivity index (χ0) is 17.7. The number of Topliss-reactive ketones (excluding diaryl/α,β-unsaturated/α-hetero) is 1. The second kappa shape index (κ2) is 7.90. The lowest BCUT2D eigenvalue weighted by atomic mass is 10.1. The number of rotatable bonds is 7. The fourth-order valence-corrected chi connectivity index (χ4v) is 2.51. The fraction of sp³-hybridized carbons (Fsp3) is 0.421. The van der Waals surface area contributed by atoms with Crippen LogP contribution in [0.15, 0.2) is 38.5 Å². The number of benzene rings is 1. The van der Waals surface area contributed by atoms with Gasteiger partial charge in [0, 0.05) is 36.4 Å². The molecule has 0 saturated heterocycles. The number of aliphatic imine (C=N–C) groups is 1. The highest BCUT2D eigenvalue weighted by atomic mass is 16.4. The van der Waals surface area contributed by atoms with Crippen LogP contribution in [0.3, 0.4) is 0 Å². The van der Waals surface area contributed by atoms with Crippen LogP contribution in [0.1, 0.15) is 38.1 Å². The minimum atomic E-state index is -0.607. The smallest absolute Gasteiger partial charge is 0.347 e. The summed E-state index contributed by atoms with van der Waals surface area (Å²) in [6.45, 7) is 9.81. The molecule has 2 aromatic rings. The van der Waals surface area contributed by atoms with Crippen molar-refractivity contribution in [3.05, 3.63) is 40.2 Å². The fourth-order valence-electron chi connectivity index (χ4n) is 2.51. The Kier molecular flexibility index (Phi) is 5.90. The summed E-state index contributed by atoms with van der Waals surface area (Å²) in [5.74, 6) is -0.0559. The van der Waals surface area contributed by atoms with E-state index in [1.807, 2.05) is 32.0 Å². The number of hydrogen-bond acceptors (Lipinski definition) is 5. The van der Waals surface area contributed by atoms with Crippen molar-refractivity contribution in [3.8, 4) is 0 Å². The molecule has 5 nitrogen and oxygen atoms in total. The molecule has 0 aliphatic heterocycles. The predicted molar refractivity (Wildman–Crippen MR) is 98.6 cm³/mol. The van der Waals surface area contributed by atoms with Gasteiger partial charge in [-0.3, -0.25) is 9.79 Å². The lowest BCUT2D eigenvalue weighted by molar-refractivity contribution is 0.0999. The summed E-state index contributed by atoms with van der Waals surface area (Å²) in [5.41, 5.74) is 0.936. The van der Waals surface area contributed by atoms with Gasteiger partial charge in [0.1, 0.15) is 17.7 Å². The van der Waals surface area contributed by atoms with Gasteiger partial charge < -0.3 is 9.32 Å². The molecular weight excluding hydrogens is 304 g/mol. The van der Waals surface area contributed by atoms with Crippen LogP contribution < -0.4 is 10.5 Å². The summed E-state index contributed by atoms with van der Waals surface area (Å²) in [7, 11) is 0. The predicted octanol–water partition coefficient (Wildman–Crippen LogP) is 3.55. The molecule has 2 rings (SSSR count). The Balaban J connectivity index is 2.35. The monoisotopic (exact) mass is 328 g/mol. The van der Waals surface area contributed by atoms with E-state index >= 15 is 0 Å². The van der Waals surface area contributed by atoms with Crippen LogP contribution in [-0.2, 0) is 0 Å². The first-order chi connectivity index (χ1) is 11.5. The quantitative estimate of drug-likeness (QED) is 0.443. The van der Waals surface area contributed by atoms with Crippen LogP contribution in [-0.4, -0.2) is 31.6 Å². The first-order valence-corrected chi connectivity index (χ1v) is 8.32. The lowest BCUT2D eigenvalue weighted by Crippen LogP contribution is -2.21. The van der Waals surface area contributed by atoms with Gasteiger partial charge in [0.15, 0.2) is 5.78 Å². The van der Waals surface area contributed by atoms with Crippen LogP contribution in [0, 0.1) is 5.92 Å². The summed E-state index contributed by atoms with van der Waals surface area (Å²) in [6, 6.07) is 7.29. The van der Waals surface area contributed by atoms with E-state index in [0.29, 0.717) is 5.58 Å². The highest BCUT2D eigenvalue weighted by Crippen LogP contribution is 2.22. The third-order valence-corrected chi connectivity index (χ3v) is 3.79. The topological polar surface area (TPSA) is 62.9 Å². The molecule has 1 aromatic heterocycles. The van der Waals surface area contributed by atoms with Gasteiger partial charge in [-0.1, -0.05) is 13.8 Å². The summed E-state index contributed by atoms with van der Waals surface area (Å²) in [4.78, 5) is 30.5. The molecule has 0 bridgehead atoms. The third kappa shape index (κ3) is 4.10. The molecule has 1 heterocycles. The largest absolute Gasteiger partial charge is 0.422 e. The zero-order valence-corrected chi connectivity index (χ0v) is 14.7. The van der Waals surface area contributed by atoms with Crippen molar-refractivity contribution in [2.45, 2.75) is 27.7 Å². The van der Waals surface area contributed by atoms with E-state index in [1.165, 1.54) is 0 Å². The minimum Gasteiger partial charge on any atom is -0.422 e. The van der Waals surface area contributed by atoms with Gasteiger partial charge >= 0.3 is 5.63 Å². The summed E-state index contributed by atoms with van der Waals surface area (Å²) >= 11 is 0. The molecule has 1 aromatic carbocycles.